The second-order valence-electron chi connectivity index (χ2n) is 4.67. The smallest absolute Gasteiger partial charge is 0.420 e. The van der Waals surface area contributed by atoms with Crippen LogP contribution in [0.3, 0.4) is 0 Å². The third kappa shape index (κ3) is 2.15. The Bertz CT molecular complexity index is 742. The summed E-state index contributed by atoms with van der Waals surface area (Å²) in [6.07, 6.45) is 0. The topological polar surface area (TPSA) is 116 Å². The fourth-order valence-corrected chi connectivity index (χ4v) is 2.09. The minimum Gasteiger partial charge on any atom is -0.480 e. The molecule has 1 unspecified atom stereocenters. The third-order valence-electron chi connectivity index (χ3n) is 2.97. The lowest BCUT2D eigenvalue weighted by Gasteiger charge is -2.16. The number of fused-ring (bicyclic) bond motifs is 1. The van der Waals surface area contributed by atoms with E-state index in [0.717, 1.165) is 10.6 Å². The van der Waals surface area contributed by atoms with E-state index in [-0.39, 0.29) is 22.7 Å². The summed E-state index contributed by atoms with van der Waals surface area (Å²) in [5.41, 5.74) is -0.0160. The van der Waals surface area contributed by atoms with Crippen molar-refractivity contribution in [2.45, 2.75) is 19.9 Å². The molecular formula is C12H12N2O6. The lowest BCUT2D eigenvalue weighted by atomic mass is 10.0. The van der Waals surface area contributed by atoms with Gasteiger partial charge in [-0.15, -0.1) is 0 Å². The Labute approximate surface area is 112 Å². The van der Waals surface area contributed by atoms with Crippen LogP contribution in [0.25, 0.3) is 11.1 Å². The average molecular weight is 280 g/mol. The summed E-state index contributed by atoms with van der Waals surface area (Å²) in [6, 6.07) is 2.47. The van der Waals surface area contributed by atoms with Gasteiger partial charge < -0.3 is 9.52 Å². The molecule has 1 aromatic carbocycles. The minimum absolute atomic E-state index is 0.102. The van der Waals surface area contributed by atoms with E-state index in [2.05, 4.69) is 0 Å². The summed E-state index contributed by atoms with van der Waals surface area (Å²) in [7, 11) is 0. The summed E-state index contributed by atoms with van der Waals surface area (Å²) in [5, 5.41) is 20.0. The third-order valence-corrected chi connectivity index (χ3v) is 2.97. The van der Waals surface area contributed by atoms with Crippen molar-refractivity contribution in [1.29, 1.82) is 0 Å². The summed E-state index contributed by atoms with van der Waals surface area (Å²) >= 11 is 0. The Balaban J connectivity index is 2.77. The number of hydrogen-bond acceptors (Lipinski definition) is 5. The number of nitro benzene ring substituents is 1. The van der Waals surface area contributed by atoms with Gasteiger partial charge in [0.2, 0.25) is 0 Å². The van der Waals surface area contributed by atoms with Crippen LogP contribution in [0.15, 0.2) is 27.4 Å². The molecule has 0 bridgehead atoms. The van der Waals surface area contributed by atoms with Gasteiger partial charge in [0.15, 0.2) is 5.58 Å². The van der Waals surface area contributed by atoms with Gasteiger partial charge in [-0.25, -0.2) is 9.59 Å². The number of hydrogen-bond donors (Lipinski definition) is 1. The number of carbonyl (C=O) groups is 1. The van der Waals surface area contributed by atoms with E-state index < -0.39 is 22.7 Å². The van der Waals surface area contributed by atoms with Crippen LogP contribution in [0.1, 0.15) is 19.9 Å². The standard InChI is InChI=1S/C12H12N2O6/c1-6(2)10(11(15)16)13-8-5-7(14(18)19)3-4-9(8)20-12(13)17/h3-6,10H,1-2H3,(H,15,16). The van der Waals surface area contributed by atoms with Crippen molar-refractivity contribution in [3.63, 3.8) is 0 Å². The van der Waals surface area contributed by atoms with Crippen molar-refractivity contribution in [3.05, 3.63) is 38.9 Å². The van der Waals surface area contributed by atoms with Crippen molar-refractivity contribution in [1.82, 2.24) is 4.57 Å². The zero-order valence-electron chi connectivity index (χ0n) is 10.8. The van der Waals surface area contributed by atoms with Crippen molar-refractivity contribution >= 4 is 22.8 Å². The Morgan fingerprint density at radius 1 is 1.45 bits per heavy atom. The fraction of sp³-hybridized carbons (Fsp3) is 0.333. The van der Waals surface area contributed by atoms with Gasteiger partial charge in [-0.05, 0) is 12.0 Å². The molecule has 1 heterocycles. The zero-order chi connectivity index (χ0) is 15.0. The van der Waals surface area contributed by atoms with Crippen LogP contribution in [0.5, 0.6) is 0 Å². The summed E-state index contributed by atoms with van der Waals surface area (Å²) < 4.78 is 5.88. The summed E-state index contributed by atoms with van der Waals surface area (Å²) in [4.78, 5) is 33.3. The predicted molar refractivity (Wildman–Crippen MR) is 68.6 cm³/mol. The number of oxazole rings is 1. The number of aliphatic carboxylic acids is 1. The van der Waals surface area contributed by atoms with Crippen LogP contribution < -0.4 is 5.76 Å². The maximum atomic E-state index is 11.8. The molecule has 0 aliphatic carbocycles. The van der Waals surface area contributed by atoms with E-state index in [1.807, 2.05) is 0 Å². The zero-order valence-corrected chi connectivity index (χ0v) is 10.8. The van der Waals surface area contributed by atoms with E-state index in [4.69, 9.17) is 4.42 Å². The number of non-ortho nitro benzene ring substituents is 1. The van der Waals surface area contributed by atoms with Crippen LogP contribution in [0, 0.1) is 16.0 Å². The highest BCUT2D eigenvalue weighted by Crippen LogP contribution is 2.25. The molecule has 2 aromatic rings. The van der Waals surface area contributed by atoms with E-state index in [0.29, 0.717) is 0 Å². The molecule has 0 fully saturated rings. The molecule has 0 radical (unpaired) electrons. The van der Waals surface area contributed by atoms with E-state index in [9.17, 15) is 24.8 Å². The molecule has 0 aliphatic heterocycles. The van der Waals surface area contributed by atoms with Gasteiger partial charge in [0, 0.05) is 12.1 Å². The molecular weight excluding hydrogens is 268 g/mol. The molecule has 8 nitrogen and oxygen atoms in total. The van der Waals surface area contributed by atoms with Crippen LogP contribution in [-0.4, -0.2) is 20.6 Å². The second kappa shape index (κ2) is 4.80. The molecule has 106 valence electrons. The highest BCUT2D eigenvalue weighted by Gasteiger charge is 2.29. The van der Waals surface area contributed by atoms with Gasteiger partial charge in [0.25, 0.3) is 5.69 Å². The highest BCUT2D eigenvalue weighted by molar-refractivity contribution is 5.80. The molecule has 1 N–H and O–H groups in total. The Kier molecular flexibility index (Phi) is 3.31. The molecule has 0 saturated carbocycles. The maximum absolute atomic E-state index is 11.8. The van der Waals surface area contributed by atoms with Crippen molar-refractivity contribution in [2.75, 3.05) is 0 Å². The Morgan fingerprint density at radius 2 is 2.10 bits per heavy atom. The normalized spacial score (nSPS) is 12.8. The molecule has 1 atom stereocenters. The van der Waals surface area contributed by atoms with Crippen molar-refractivity contribution in [2.24, 2.45) is 5.92 Å². The molecule has 0 amide bonds. The van der Waals surface area contributed by atoms with Crippen LogP contribution in [-0.2, 0) is 4.79 Å². The number of carboxylic acids is 1. The monoisotopic (exact) mass is 280 g/mol. The molecule has 0 saturated heterocycles. The first-order chi connectivity index (χ1) is 9.32. The molecule has 20 heavy (non-hydrogen) atoms. The van der Waals surface area contributed by atoms with Crippen LogP contribution in [0.4, 0.5) is 5.69 Å². The van der Waals surface area contributed by atoms with E-state index in [1.54, 1.807) is 13.8 Å². The van der Waals surface area contributed by atoms with Crippen LogP contribution in [0.2, 0.25) is 0 Å². The van der Waals surface area contributed by atoms with Gasteiger partial charge in [0.05, 0.1) is 10.4 Å². The second-order valence-corrected chi connectivity index (χ2v) is 4.67. The van der Waals surface area contributed by atoms with Gasteiger partial charge in [-0.3, -0.25) is 14.7 Å². The van der Waals surface area contributed by atoms with E-state index >= 15 is 0 Å². The number of aromatic nitrogens is 1. The highest BCUT2D eigenvalue weighted by atomic mass is 16.6. The number of nitrogens with zero attached hydrogens (tertiary/aromatic N) is 2. The first-order valence-corrected chi connectivity index (χ1v) is 5.85. The first-order valence-electron chi connectivity index (χ1n) is 5.85. The lowest BCUT2D eigenvalue weighted by molar-refractivity contribution is -0.384. The number of benzene rings is 1. The van der Waals surface area contributed by atoms with Gasteiger partial charge in [-0.2, -0.15) is 0 Å². The maximum Gasteiger partial charge on any atom is 0.420 e. The van der Waals surface area contributed by atoms with Gasteiger partial charge >= 0.3 is 11.7 Å². The first kappa shape index (κ1) is 13.8. The molecule has 2 rings (SSSR count). The van der Waals surface area contributed by atoms with Crippen LogP contribution >= 0.6 is 0 Å². The number of rotatable bonds is 4. The average Bonchev–Trinajstić information content (AvgIpc) is 2.65. The molecule has 8 heteroatoms. The summed E-state index contributed by atoms with van der Waals surface area (Å²) in [6.45, 7) is 3.28. The number of nitro groups is 1. The molecule has 0 spiro atoms. The lowest BCUT2D eigenvalue weighted by Crippen LogP contribution is -2.30. The Hall–Kier alpha value is -2.64. The molecule has 1 aromatic heterocycles. The largest absolute Gasteiger partial charge is 0.480 e. The minimum atomic E-state index is -1.20. The predicted octanol–water partition coefficient (Wildman–Crippen LogP) is 1.78. The van der Waals surface area contributed by atoms with E-state index in [1.165, 1.54) is 12.1 Å². The Morgan fingerprint density at radius 3 is 2.60 bits per heavy atom. The fourth-order valence-electron chi connectivity index (χ4n) is 2.09. The quantitative estimate of drug-likeness (QED) is 0.674. The van der Waals surface area contributed by atoms with Crippen molar-refractivity contribution in [3.8, 4) is 0 Å². The molecule has 0 aliphatic rings. The van der Waals surface area contributed by atoms with Gasteiger partial charge in [-0.1, -0.05) is 13.8 Å². The van der Waals surface area contributed by atoms with Crippen molar-refractivity contribution < 1.29 is 19.2 Å². The number of carboxylic acid groups (broad SMARTS) is 1. The van der Waals surface area contributed by atoms with Gasteiger partial charge in [0.1, 0.15) is 6.04 Å². The summed E-state index contributed by atoms with van der Waals surface area (Å²) in [5.74, 6) is -2.43. The SMILES string of the molecule is CC(C)C(C(=O)O)n1c(=O)oc2ccc([N+](=O)[O-])cc21.